The molecule has 2 fully saturated rings. The largest absolute Gasteiger partial charge is 0.493 e. The average Bonchev–Trinajstić information content (AvgIpc) is 3.25. The number of hydrogen-bond donors (Lipinski definition) is 10. The van der Waals surface area contributed by atoms with Crippen LogP contribution in [0.3, 0.4) is 0 Å². The molecule has 2 saturated heterocycles. The third-order valence-corrected chi connectivity index (χ3v) is 18.5. The molecule has 9 atom stereocenters. The molecule has 0 radical (unpaired) electrons. The first-order chi connectivity index (χ1) is 38.3. The molecule has 4 aliphatic rings. The van der Waals surface area contributed by atoms with Crippen LogP contribution in [0.4, 0.5) is 20.2 Å². The van der Waals surface area contributed by atoms with Crippen LogP contribution in [0.25, 0.3) is 0 Å². The number of ether oxygens (including phenoxy) is 4. The van der Waals surface area contributed by atoms with Crippen molar-refractivity contribution in [3.8, 4) is 23.0 Å². The second-order valence-electron chi connectivity index (χ2n) is 19.5. The molecule has 7 rings (SSSR count). The van der Waals surface area contributed by atoms with E-state index in [1.165, 1.54) is 45.4 Å². The van der Waals surface area contributed by atoms with Gasteiger partial charge in [0.05, 0.1) is 88.3 Å². The van der Waals surface area contributed by atoms with Crippen molar-refractivity contribution >= 4 is 74.3 Å². The van der Waals surface area contributed by atoms with E-state index in [2.05, 4.69) is 37.0 Å². The van der Waals surface area contributed by atoms with Crippen LogP contribution in [-0.2, 0) is 50.4 Å². The zero-order chi connectivity index (χ0) is 59.0. The van der Waals surface area contributed by atoms with Crippen LogP contribution in [0.1, 0.15) is 52.5 Å². The van der Waals surface area contributed by atoms with Crippen molar-refractivity contribution < 1.29 is 92.1 Å². The Morgan fingerprint density at radius 3 is 1.69 bits per heavy atom. The highest BCUT2D eigenvalue weighted by Crippen LogP contribution is 2.44. The molecule has 0 saturated carbocycles. The van der Waals surface area contributed by atoms with E-state index in [0.717, 1.165) is 9.80 Å². The lowest BCUT2D eigenvalue weighted by Gasteiger charge is -2.26. The maximum absolute atomic E-state index is 15.1. The van der Waals surface area contributed by atoms with Gasteiger partial charge in [-0.1, -0.05) is 30.3 Å². The Morgan fingerprint density at radius 2 is 1.22 bits per heavy atom. The highest BCUT2D eigenvalue weighted by Gasteiger charge is 2.50. The van der Waals surface area contributed by atoms with Crippen LogP contribution in [0.5, 0.6) is 23.0 Å². The van der Waals surface area contributed by atoms with E-state index in [-0.39, 0.29) is 90.9 Å². The van der Waals surface area contributed by atoms with Gasteiger partial charge in [0.25, 0.3) is 32.1 Å². The summed E-state index contributed by atoms with van der Waals surface area (Å²) in [5, 5.41) is 23.6. The van der Waals surface area contributed by atoms with E-state index < -0.39 is 155 Å². The standard InChI is InChI=1S/C49H64F2N9O18PS2/c1-27(44(64)53-11-10-52-42(62)9-12-61)55-45(65)35(17-28-7-5-4-6-8-28)56-43(63)24-54-79(68,15-13-77-40-22-33-31(20-38(40)75-2)48(66)59-25-29(50)18-36(59)46(57-33)80(69,70)71)16-14-78-41-23-34-32(21-39(41)76-3)49(67)60-26-30(51)19-37(60)47(58-34)81(72,73)74/h4-8,20-23,27,29-30,35-37,46-47,57-58,61H,9-19,24-26H2,1-3H3,(H,52,62)(H,53,64)(H,54,68)(H,55,65)(H,56,63)(H,69,70,71)(H,72,73,74)/t27-,29+,30+,35-,36-,37+,46?,47?,79?/m0/s1. The monoisotopic (exact) mass is 1200 g/mol. The first kappa shape index (κ1) is 61.7. The molecule has 3 aromatic rings. The van der Waals surface area contributed by atoms with Crippen LogP contribution in [0.15, 0.2) is 54.6 Å². The van der Waals surface area contributed by atoms with Crippen LogP contribution in [0, 0.1) is 0 Å². The number of aliphatic hydroxyl groups excluding tert-OH is 1. The molecular weight excluding hydrogens is 1140 g/mol. The molecule has 444 valence electrons. The number of rotatable bonds is 26. The number of hydrogen-bond acceptors (Lipinski definition) is 18. The fourth-order valence-corrected chi connectivity index (χ4v) is 13.4. The Balaban J connectivity index is 1.11. The number of alkyl halides is 2. The summed E-state index contributed by atoms with van der Waals surface area (Å²) in [7, 11) is -11.3. The van der Waals surface area contributed by atoms with Gasteiger partial charge in [0, 0.05) is 63.2 Å². The lowest BCUT2D eigenvalue weighted by Crippen LogP contribution is -2.54. The number of aliphatic hydroxyl groups is 1. The molecule has 0 bridgehead atoms. The van der Waals surface area contributed by atoms with E-state index in [1.807, 2.05) is 0 Å². The van der Waals surface area contributed by atoms with Crippen molar-refractivity contribution in [2.24, 2.45) is 0 Å². The fourth-order valence-electron chi connectivity index (χ4n) is 9.78. The molecule has 81 heavy (non-hydrogen) atoms. The summed E-state index contributed by atoms with van der Waals surface area (Å²) in [4.78, 5) is 81.7. The van der Waals surface area contributed by atoms with Gasteiger partial charge in [0.15, 0.2) is 41.0 Å². The number of amides is 6. The number of nitrogens with zero attached hydrogens (tertiary/aromatic N) is 2. The van der Waals surface area contributed by atoms with Crippen LogP contribution in [-0.4, -0.2) is 203 Å². The summed E-state index contributed by atoms with van der Waals surface area (Å²) in [5.74, 6) is -4.51. The molecule has 4 aliphatic heterocycles. The average molecular weight is 1200 g/mol. The molecular formula is C49H64F2N9O18PS2. The maximum Gasteiger partial charge on any atom is 0.288 e. The minimum atomic E-state index is -4.94. The summed E-state index contributed by atoms with van der Waals surface area (Å²) in [6, 6.07) is 8.45. The first-order valence-electron chi connectivity index (χ1n) is 25.5. The van der Waals surface area contributed by atoms with Gasteiger partial charge in [-0.25, -0.2) is 8.78 Å². The second kappa shape index (κ2) is 26.4. The van der Waals surface area contributed by atoms with Gasteiger partial charge in [0.2, 0.25) is 23.6 Å². The van der Waals surface area contributed by atoms with Crippen molar-refractivity contribution in [3.05, 3.63) is 71.3 Å². The molecule has 3 aromatic carbocycles. The summed E-state index contributed by atoms with van der Waals surface area (Å²) in [5.41, 5.74) is 0.0976. The smallest absolute Gasteiger partial charge is 0.288 e. The minimum Gasteiger partial charge on any atom is -0.493 e. The number of benzene rings is 3. The van der Waals surface area contributed by atoms with Crippen molar-refractivity contribution in [1.29, 1.82) is 0 Å². The maximum atomic E-state index is 15.1. The quantitative estimate of drug-likeness (QED) is 0.0293. The summed E-state index contributed by atoms with van der Waals surface area (Å²) in [6.45, 7) is -1.37. The third-order valence-electron chi connectivity index (χ3n) is 13.8. The van der Waals surface area contributed by atoms with Crippen molar-refractivity contribution in [1.82, 2.24) is 36.2 Å². The Bertz CT molecular complexity index is 2990. The number of methoxy groups -OCH3 is 2. The Labute approximate surface area is 464 Å². The van der Waals surface area contributed by atoms with Gasteiger partial charge >= 0.3 is 0 Å². The van der Waals surface area contributed by atoms with Crippen LogP contribution < -0.4 is 55.9 Å². The normalized spacial score (nSPS) is 21.8. The lowest BCUT2D eigenvalue weighted by molar-refractivity contribution is -0.131. The van der Waals surface area contributed by atoms with Gasteiger partial charge in [-0.15, -0.1) is 0 Å². The SMILES string of the molecule is COc1cc2c(cc1OCCP(=O)(CCOc1cc3c(cc1OC)C(=O)N1C[C@H](F)C[C@H]1C(S(=O)(=O)O)N3)NCC(=O)N[C@@H](Cc1ccccc1)C(=O)N[C@@H](C)C(=O)NCCNC(=O)CCO)NC(S(=O)(=O)O)[C@H]1C[C@@H](F)CN1C2=O. The molecule has 0 aromatic heterocycles. The fraction of sp³-hybridized carbons (Fsp3) is 0.510. The van der Waals surface area contributed by atoms with Gasteiger partial charge in [-0.05, 0) is 24.6 Å². The van der Waals surface area contributed by atoms with E-state index in [9.17, 15) is 63.5 Å². The van der Waals surface area contributed by atoms with Crippen molar-refractivity contribution in [2.45, 2.75) is 79.9 Å². The molecule has 10 N–H and O–H groups in total. The van der Waals surface area contributed by atoms with Gasteiger partial charge in [-0.2, -0.15) is 16.8 Å². The predicted octanol–water partition coefficient (Wildman–Crippen LogP) is 0.260. The highest BCUT2D eigenvalue weighted by atomic mass is 32.2. The van der Waals surface area contributed by atoms with Gasteiger partial charge < -0.3 is 70.3 Å². The highest BCUT2D eigenvalue weighted by molar-refractivity contribution is 7.86. The summed E-state index contributed by atoms with van der Waals surface area (Å²) < 4.78 is 138. The first-order valence-corrected chi connectivity index (χ1v) is 30.6. The van der Waals surface area contributed by atoms with E-state index in [1.54, 1.807) is 30.3 Å². The van der Waals surface area contributed by atoms with Crippen molar-refractivity contribution in [2.75, 3.05) is 89.7 Å². The second-order valence-corrected chi connectivity index (χ2v) is 25.6. The van der Waals surface area contributed by atoms with Crippen LogP contribution in [0.2, 0.25) is 0 Å². The summed E-state index contributed by atoms with van der Waals surface area (Å²) >= 11 is 0. The number of anilines is 2. The molecule has 6 amide bonds. The zero-order valence-electron chi connectivity index (χ0n) is 44.1. The molecule has 4 heterocycles. The number of carbonyl (C=O) groups is 6. The van der Waals surface area contributed by atoms with E-state index in [4.69, 9.17) is 24.1 Å². The number of halogens is 2. The van der Waals surface area contributed by atoms with E-state index >= 15 is 4.57 Å². The molecule has 32 heteroatoms. The molecule has 3 unspecified atom stereocenters. The zero-order valence-corrected chi connectivity index (χ0v) is 46.6. The Hall–Kier alpha value is -6.89. The minimum absolute atomic E-state index is 0.000339. The van der Waals surface area contributed by atoms with E-state index in [0.29, 0.717) is 5.56 Å². The molecule has 0 aliphatic carbocycles. The summed E-state index contributed by atoms with van der Waals surface area (Å²) in [6.07, 6.45) is -4.89. The molecule has 27 nitrogen and oxygen atoms in total. The predicted molar refractivity (Wildman–Crippen MR) is 286 cm³/mol. The topological polar surface area (TPSA) is 376 Å². The number of nitrogens with one attached hydrogen (secondary N) is 7. The molecule has 0 spiro atoms. The third kappa shape index (κ3) is 15.4. The Kier molecular flexibility index (Phi) is 20.1. The van der Waals surface area contributed by atoms with Gasteiger partial charge in [-0.3, -0.25) is 43.0 Å². The Morgan fingerprint density at radius 1 is 0.728 bits per heavy atom. The van der Waals surface area contributed by atoms with Crippen LogP contribution >= 0.6 is 7.29 Å². The number of carbonyl (C=O) groups excluding carboxylic acids is 6. The lowest BCUT2D eigenvalue weighted by atomic mass is 10.0. The number of fused-ring (bicyclic) bond motifs is 4. The van der Waals surface area contributed by atoms with Crippen molar-refractivity contribution in [3.63, 3.8) is 0 Å². The van der Waals surface area contributed by atoms with Gasteiger partial charge in [0.1, 0.15) is 24.4 Å².